The molecule has 0 saturated heterocycles. The van der Waals surface area contributed by atoms with Gasteiger partial charge in [0.2, 0.25) is 10.0 Å². The second-order valence-electron chi connectivity index (χ2n) is 4.02. The summed E-state index contributed by atoms with van der Waals surface area (Å²) in [5, 5.41) is 0.444. The van der Waals surface area contributed by atoms with E-state index in [2.05, 4.69) is 0 Å². The first-order chi connectivity index (χ1) is 7.80. The van der Waals surface area contributed by atoms with Crippen LogP contribution in [0.3, 0.4) is 0 Å². The molecule has 1 aromatic rings. The molecule has 0 heterocycles. The molecule has 0 fully saturated rings. The van der Waals surface area contributed by atoms with Crippen LogP contribution in [0.1, 0.15) is 12.5 Å². The van der Waals surface area contributed by atoms with Gasteiger partial charge < -0.3 is 5.73 Å². The lowest BCUT2D eigenvalue weighted by molar-refractivity contribution is 0.394. The van der Waals surface area contributed by atoms with Crippen LogP contribution in [0.4, 0.5) is 0 Å². The van der Waals surface area contributed by atoms with Crippen LogP contribution in [0.2, 0.25) is 5.02 Å². The van der Waals surface area contributed by atoms with Gasteiger partial charge in [-0.05, 0) is 31.5 Å². The molecule has 4 nitrogen and oxygen atoms in total. The van der Waals surface area contributed by atoms with Gasteiger partial charge in [0.05, 0.1) is 4.90 Å². The van der Waals surface area contributed by atoms with Crippen LogP contribution in [-0.2, 0) is 10.0 Å². The Morgan fingerprint density at radius 3 is 2.44 bits per heavy atom. The van der Waals surface area contributed by atoms with Gasteiger partial charge >= 0.3 is 0 Å². The number of benzene rings is 1. The van der Waals surface area contributed by atoms with Crippen molar-refractivity contribution in [3.63, 3.8) is 0 Å². The van der Waals surface area contributed by atoms with Gasteiger partial charge in [0.25, 0.3) is 0 Å². The van der Waals surface area contributed by atoms with Crippen LogP contribution in [0.15, 0.2) is 23.1 Å². The van der Waals surface area contributed by atoms with E-state index in [4.69, 9.17) is 17.3 Å². The number of halogens is 2. The second-order valence-corrected chi connectivity index (χ2v) is 6.42. The van der Waals surface area contributed by atoms with Gasteiger partial charge in [-0.1, -0.05) is 17.7 Å². The summed E-state index contributed by atoms with van der Waals surface area (Å²) < 4.78 is 25.7. The van der Waals surface area contributed by atoms with Gasteiger partial charge in [-0.2, -0.15) is 4.31 Å². The molecule has 7 heteroatoms. The van der Waals surface area contributed by atoms with Crippen molar-refractivity contribution in [1.29, 1.82) is 0 Å². The lowest BCUT2D eigenvalue weighted by atomic mass is 10.2. The van der Waals surface area contributed by atoms with E-state index >= 15 is 0 Å². The molecule has 0 aliphatic heterocycles. The van der Waals surface area contributed by atoms with Crippen molar-refractivity contribution in [2.45, 2.75) is 24.8 Å². The van der Waals surface area contributed by atoms with Crippen molar-refractivity contribution in [1.82, 2.24) is 4.31 Å². The zero-order valence-electron chi connectivity index (χ0n) is 10.6. The summed E-state index contributed by atoms with van der Waals surface area (Å²) >= 11 is 5.93. The number of likely N-dealkylation sites (N-methyl/N-ethyl adjacent to an activating group) is 1. The predicted octanol–water partition coefficient (Wildman–Crippen LogP) is 2.04. The Balaban J connectivity index is 0.00000289. The molecule has 1 unspecified atom stereocenters. The van der Waals surface area contributed by atoms with Gasteiger partial charge in [-0.25, -0.2) is 8.42 Å². The summed E-state index contributed by atoms with van der Waals surface area (Å²) in [5.41, 5.74) is 6.32. The molecule has 1 aromatic carbocycles. The van der Waals surface area contributed by atoms with Gasteiger partial charge in [-0.15, -0.1) is 12.4 Å². The first-order valence-corrected chi connectivity index (χ1v) is 7.06. The fraction of sp³-hybridized carbons (Fsp3) is 0.455. The maximum atomic E-state index is 12.2. The summed E-state index contributed by atoms with van der Waals surface area (Å²) in [5.74, 6) is 0. The molecular formula is C11H18Cl2N2O2S. The van der Waals surface area contributed by atoms with Gasteiger partial charge in [-0.3, -0.25) is 0 Å². The third-order valence-corrected chi connectivity index (χ3v) is 5.16. The first kappa shape index (κ1) is 17.7. The predicted molar refractivity (Wildman–Crippen MR) is 76.9 cm³/mol. The molecule has 0 saturated carbocycles. The lowest BCUT2D eigenvalue weighted by Crippen LogP contribution is -2.39. The Morgan fingerprint density at radius 1 is 1.44 bits per heavy atom. The fourth-order valence-corrected chi connectivity index (χ4v) is 2.93. The Bertz CT molecular complexity index is 506. The monoisotopic (exact) mass is 312 g/mol. The molecule has 0 amide bonds. The van der Waals surface area contributed by atoms with E-state index in [-0.39, 0.29) is 29.9 Å². The van der Waals surface area contributed by atoms with Crippen molar-refractivity contribution < 1.29 is 8.42 Å². The molecule has 1 atom stereocenters. The van der Waals surface area contributed by atoms with Crippen LogP contribution in [0.25, 0.3) is 0 Å². The van der Waals surface area contributed by atoms with Crippen molar-refractivity contribution in [3.05, 3.63) is 28.8 Å². The zero-order chi connectivity index (χ0) is 13.2. The van der Waals surface area contributed by atoms with Gasteiger partial charge in [0.15, 0.2) is 0 Å². The average Bonchev–Trinajstić information content (AvgIpc) is 2.30. The topological polar surface area (TPSA) is 63.4 Å². The summed E-state index contributed by atoms with van der Waals surface area (Å²) in [6, 6.07) is 4.46. The molecule has 1 rings (SSSR count). The number of hydrogen-bond donors (Lipinski definition) is 1. The summed E-state index contributed by atoms with van der Waals surface area (Å²) in [4.78, 5) is 0.191. The number of rotatable bonds is 4. The highest BCUT2D eigenvalue weighted by Gasteiger charge is 2.24. The van der Waals surface area contributed by atoms with E-state index in [1.807, 2.05) is 6.92 Å². The van der Waals surface area contributed by atoms with Crippen LogP contribution < -0.4 is 5.73 Å². The fourth-order valence-electron chi connectivity index (χ4n) is 1.29. The molecule has 0 spiro atoms. The number of sulfonamides is 1. The quantitative estimate of drug-likeness (QED) is 0.925. The highest BCUT2D eigenvalue weighted by atomic mass is 35.5. The van der Waals surface area contributed by atoms with Gasteiger partial charge in [0.1, 0.15) is 0 Å². The Morgan fingerprint density at radius 2 is 2.00 bits per heavy atom. The highest BCUT2D eigenvalue weighted by molar-refractivity contribution is 7.89. The average molecular weight is 313 g/mol. The summed E-state index contributed by atoms with van der Waals surface area (Å²) in [6.07, 6.45) is 0. The molecule has 0 aromatic heterocycles. The van der Waals surface area contributed by atoms with E-state index in [9.17, 15) is 8.42 Å². The minimum Gasteiger partial charge on any atom is -0.329 e. The Hall–Kier alpha value is -0.330. The van der Waals surface area contributed by atoms with Crippen LogP contribution in [0, 0.1) is 6.92 Å². The number of hydrogen-bond acceptors (Lipinski definition) is 3. The van der Waals surface area contributed by atoms with Crippen LogP contribution in [0.5, 0.6) is 0 Å². The molecular weight excluding hydrogens is 295 g/mol. The molecule has 0 radical (unpaired) electrons. The first-order valence-electron chi connectivity index (χ1n) is 5.25. The summed E-state index contributed by atoms with van der Waals surface area (Å²) in [6.45, 7) is 3.85. The number of nitrogens with zero attached hydrogens (tertiary/aromatic N) is 1. The van der Waals surface area contributed by atoms with Crippen molar-refractivity contribution >= 4 is 34.0 Å². The van der Waals surface area contributed by atoms with Crippen LogP contribution in [-0.4, -0.2) is 32.4 Å². The van der Waals surface area contributed by atoms with E-state index in [1.165, 1.54) is 17.4 Å². The molecule has 0 bridgehead atoms. The normalized spacial score (nSPS) is 13.2. The van der Waals surface area contributed by atoms with Crippen molar-refractivity contribution in [2.75, 3.05) is 13.6 Å². The Kier molecular flexibility index (Phi) is 6.60. The number of nitrogens with two attached hydrogens (primary N) is 1. The molecule has 2 N–H and O–H groups in total. The third kappa shape index (κ3) is 3.59. The van der Waals surface area contributed by atoms with Crippen molar-refractivity contribution in [3.8, 4) is 0 Å². The molecule has 104 valence electrons. The van der Waals surface area contributed by atoms with E-state index in [1.54, 1.807) is 19.1 Å². The maximum Gasteiger partial charge on any atom is 0.243 e. The Labute approximate surface area is 120 Å². The van der Waals surface area contributed by atoms with E-state index in [0.29, 0.717) is 5.02 Å². The maximum absolute atomic E-state index is 12.2. The third-order valence-electron chi connectivity index (χ3n) is 2.78. The molecule has 18 heavy (non-hydrogen) atoms. The SMILES string of the molecule is Cc1ccc(S(=O)(=O)N(C)C(C)CN)cc1Cl.Cl. The molecule has 0 aliphatic rings. The number of aryl methyl sites for hydroxylation is 1. The lowest BCUT2D eigenvalue weighted by Gasteiger charge is -2.23. The van der Waals surface area contributed by atoms with Gasteiger partial charge in [0, 0.05) is 24.7 Å². The van der Waals surface area contributed by atoms with Crippen LogP contribution >= 0.6 is 24.0 Å². The summed E-state index contributed by atoms with van der Waals surface area (Å²) in [7, 11) is -2.01. The van der Waals surface area contributed by atoms with E-state index < -0.39 is 10.0 Å². The smallest absolute Gasteiger partial charge is 0.243 e. The minimum atomic E-state index is -3.52. The molecule has 0 aliphatic carbocycles. The van der Waals surface area contributed by atoms with Crippen molar-refractivity contribution in [2.24, 2.45) is 5.73 Å². The zero-order valence-corrected chi connectivity index (χ0v) is 12.9. The highest BCUT2D eigenvalue weighted by Crippen LogP contribution is 2.22. The van der Waals surface area contributed by atoms with E-state index in [0.717, 1.165) is 5.56 Å². The minimum absolute atomic E-state index is 0. The standard InChI is InChI=1S/C11H17ClN2O2S.ClH/c1-8-4-5-10(6-11(8)12)17(15,16)14(3)9(2)7-13;/h4-6,9H,7,13H2,1-3H3;1H. The second kappa shape index (κ2) is 6.73. The largest absolute Gasteiger partial charge is 0.329 e.